The molecule has 0 saturated carbocycles. The third kappa shape index (κ3) is 11.4. The second-order valence-corrected chi connectivity index (χ2v) is 8.73. The number of ether oxygens (including phenoxy) is 1. The van der Waals surface area contributed by atoms with Crippen LogP contribution in [-0.4, -0.2) is 46.6 Å². The highest BCUT2D eigenvalue weighted by molar-refractivity contribution is 5.88. The van der Waals surface area contributed by atoms with Crippen molar-refractivity contribution in [1.82, 2.24) is 5.32 Å². The van der Waals surface area contributed by atoms with E-state index in [1.165, 1.54) is 6.08 Å². The number of nitrogens with one attached hydrogen (secondary N) is 1. The van der Waals surface area contributed by atoms with Crippen molar-refractivity contribution in [3.8, 4) is 0 Å². The van der Waals surface area contributed by atoms with Crippen LogP contribution in [0, 0.1) is 0 Å². The number of allylic oxidation sites excluding steroid dienone is 11. The first-order valence-electron chi connectivity index (χ1n) is 12.1. The Morgan fingerprint density at radius 2 is 1.65 bits per heavy atom. The van der Waals surface area contributed by atoms with Gasteiger partial charge in [0.1, 0.15) is 18.3 Å². The number of hydrogen-bond donors (Lipinski definition) is 3. The minimum atomic E-state index is -1.02. The van der Waals surface area contributed by atoms with Crippen molar-refractivity contribution in [3.05, 3.63) is 96.2 Å². The number of hydrogen-bond acceptors (Lipinski definition) is 4. The Morgan fingerprint density at radius 1 is 0.971 bits per heavy atom. The van der Waals surface area contributed by atoms with E-state index in [1.54, 1.807) is 36.5 Å². The summed E-state index contributed by atoms with van der Waals surface area (Å²) in [5.74, 6) is -0.159. The van der Waals surface area contributed by atoms with E-state index in [0.29, 0.717) is 0 Å². The fraction of sp³-hybridized carbons (Fsp3) is 0.414. The molecule has 2 aliphatic rings. The molecule has 0 aromatic heterocycles. The third-order valence-electron chi connectivity index (χ3n) is 5.45. The first-order chi connectivity index (χ1) is 16.4. The summed E-state index contributed by atoms with van der Waals surface area (Å²) >= 11 is 0. The zero-order valence-electron chi connectivity index (χ0n) is 20.5. The number of amides is 1. The van der Waals surface area contributed by atoms with Crippen LogP contribution in [0.4, 0.5) is 0 Å². The van der Waals surface area contributed by atoms with Crippen molar-refractivity contribution in [2.45, 2.75) is 76.9 Å². The summed E-state index contributed by atoms with van der Waals surface area (Å²) in [4.78, 5) is 12.5. The second-order valence-electron chi connectivity index (χ2n) is 8.73. The summed E-state index contributed by atoms with van der Waals surface area (Å²) in [7, 11) is 0. The number of epoxide rings is 1. The number of unbranched alkanes of at least 4 members (excludes halogenated alkanes) is 1. The molecular weight excluding hydrogens is 426 g/mol. The van der Waals surface area contributed by atoms with Crippen molar-refractivity contribution >= 4 is 5.91 Å². The quantitative estimate of drug-likeness (QED) is 0.403. The van der Waals surface area contributed by atoms with Crippen molar-refractivity contribution in [2.75, 3.05) is 0 Å². The van der Waals surface area contributed by atoms with Crippen LogP contribution in [0.25, 0.3) is 0 Å². The van der Waals surface area contributed by atoms with Gasteiger partial charge in [0, 0.05) is 12.1 Å². The minimum Gasteiger partial charge on any atom is -0.386 e. The van der Waals surface area contributed by atoms with Gasteiger partial charge in [-0.05, 0) is 33.1 Å². The van der Waals surface area contributed by atoms with Crippen LogP contribution in [0.3, 0.4) is 0 Å². The molecule has 3 N–H and O–H groups in total. The second kappa shape index (κ2) is 15.2. The molecule has 184 valence electrons. The Morgan fingerprint density at radius 3 is 2.41 bits per heavy atom. The van der Waals surface area contributed by atoms with E-state index < -0.39 is 12.2 Å². The summed E-state index contributed by atoms with van der Waals surface area (Å²) in [6.45, 7) is 5.97. The number of carbonyl (C=O) groups excluding carboxylic acids is 1. The lowest BCUT2D eigenvalue weighted by molar-refractivity contribution is -0.117. The van der Waals surface area contributed by atoms with Crippen LogP contribution >= 0.6 is 0 Å². The Balaban J connectivity index is 2.14. The van der Waals surface area contributed by atoms with Crippen LogP contribution in [0.15, 0.2) is 96.2 Å². The van der Waals surface area contributed by atoms with Gasteiger partial charge in [-0.15, -0.1) is 0 Å². The average molecular weight is 466 g/mol. The molecule has 2 aliphatic heterocycles. The molecule has 1 saturated heterocycles. The number of fused-ring (bicyclic) bond motifs is 1. The summed E-state index contributed by atoms with van der Waals surface area (Å²) in [6.07, 6.45) is 27.4. The lowest BCUT2D eigenvalue weighted by Crippen LogP contribution is -2.34. The minimum absolute atomic E-state index is 0.0250. The van der Waals surface area contributed by atoms with Gasteiger partial charge in [-0.1, -0.05) is 103 Å². The van der Waals surface area contributed by atoms with Crippen LogP contribution in [0.5, 0.6) is 0 Å². The largest absolute Gasteiger partial charge is 0.386 e. The summed E-state index contributed by atoms with van der Waals surface area (Å²) in [5, 5.41) is 23.3. The van der Waals surface area contributed by atoms with Crippen LogP contribution in [0.2, 0.25) is 0 Å². The van der Waals surface area contributed by atoms with Crippen LogP contribution in [-0.2, 0) is 9.53 Å². The molecule has 5 atom stereocenters. The van der Waals surface area contributed by atoms with E-state index in [-0.39, 0.29) is 24.2 Å². The molecule has 2 unspecified atom stereocenters. The number of carbonyl (C=O) groups is 1. The maximum Gasteiger partial charge on any atom is 0.244 e. The van der Waals surface area contributed by atoms with Gasteiger partial charge in [0.2, 0.25) is 5.91 Å². The molecule has 1 amide bonds. The molecule has 0 bridgehead atoms. The van der Waals surface area contributed by atoms with Crippen LogP contribution < -0.4 is 5.32 Å². The summed E-state index contributed by atoms with van der Waals surface area (Å²) in [5.41, 5.74) is 1.83. The van der Waals surface area contributed by atoms with Crippen molar-refractivity contribution in [3.63, 3.8) is 0 Å². The van der Waals surface area contributed by atoms with Gasteiger partial charge in [-0.25, -0.2) is 0 Å². The van der Waals surface area contributed by atoms with E-state index in [9.17, 15) is 15.0 Å². The Kier molecular flexibility index (Phi) is 12.3. The highest BCUT2D eigenvalue weighted by Gasteiger charge is 2.38. The monoisotopic (exact) mass is 465 g/mol. The maximum atomic E-state index is 12.5. The first-order valence-corrected chi connectivity index (χ1v) is 12.1. The van der Waals surface area contributed by atoms with Crippen molar-refractivity contribution in [2.24, 2.45) is 0 Å². The van der Waals surface area contributed by atoms with Gasteiger partial charge < -0.3 is 20.3 Å². The maximum absolute atomic E-state index is 12.5. The molecule has 2 rings (SSSR count). The molecule has 34 heavy (non-hydrogen) atoms. The van der Waals surface area contributed by atoms with Gasteiger partial charge in [0.05, 0.1) is 6.10 Å². The molecule has 5 heteroatoms. The predicted molar refractivity (Wildman–Crippen MR) is 139 cm³/mol. The lowest BCUT2D eigenvalue weighted by atomic mass is 10.0. The zero-order valence-corrected chi connectivity index (χ0v) is 20.5. The van der Waals surface area contributed by atoms with E-state index in [0.717, 1.165) is 36.8 Å². The Bertz CT molecular complexity index is 888. The topological polar surface area (TPSA) is 82.1 Å². The standard InChI is InChI=1S/C29H39NO4/c1-4-5-6-7-8-9-16-24-21-28-27(34-28)20-23(3)15-10-12-17-25(31)26(32)19-22(2)14-11-13-18-29(33)30-24/h6-15,17-20,24-28,31-32H,4-5,16,21H2,1-3H3,(H,30,33)/b7-6+,9-8+,14-11+,15-10+,17-12-,18-13+,22-19+,23-20-/t24-,25-,26+,27?,28?/m1/s1. The van der Waals surface area contributed by atoms with Gasteiger partial charge in [0.25, 0.3) is 0 Å². The number of aliphatic hydroxyl groups excluding tert-OH is 2. The molecule has 0 aromatic rings. The van der Waals surface area contributed by atoms with E-state index in [2.05, 4.69) is 36.5 Å². The summed E-state index contributed by atoms with van der Waals surface area (Å²) < 4.78 is 5.83. The zero-order chi connectivity index (χ0) is 24.8. The lowest BCUT2D eigenvalue weighted by Gasteiger charge is -2.15. The number of rotatable bonds is 5. The van der Waals surface area contributed by atoms with Gasteiger partial charge in [-0.3, -0.25) is 4.79 Å². The molecule has 0 radical (unpaired) electrons. The molecular formula is C29H39NO4. The fourth-order valence-corrected chi connectivity index (χ4v) is 3.49. The summed E-state index contributed by atoms with van der Waals surface area (Å²) in [6, 6.07) is -0.0250. The molecule has 2 heterocycles. The van der Waals surface area contributed by atoms with E-state index in [1.807, 2.05) is 32.1 Å². The molecule has 0 aliphatic carbocycles. The Labute approximate surface area is 204 Å². The van der Waals surface area contributed by atoms with Crippen molar-refractivity contribution in [1.29, 1.82) is 0 Å². The highest BCUT2D eigenvalue weighted by atomic mass is 16.6. The SMILES string of the molecule is CCC/C=C/C=C/C[C@@H]1CC2OC2\C=C(C)/C=C/C=C\[C@@H](O)[C@@H](O)/C=C(C)/C=C/C=C/C(=O)N1. The van der Waals surface area contributed by atoms with Crippen molar-refractivity contribution < 1.29 is 19.7 Å². The average Bonchev–Trinajstić information content (AvgIpc) is 3.52. The van der Waals surface area contributed by atoms with E-state index in [4.69, 9.17) is 4.74 Å². The molecule has 5 nitrogen and oxygen atoms in total. The number of aliphatic hydroxyl groups is 2. The highest BCUT2D eigenvalue weighted by Crippen LogP contribution is 2.29. The van der Waals surface area contributed by atoms with Gasteiger partial charge in [-0.2, -0.15) is 0 Å². The fourth-order valence-electron chi connectivity index (χ4n) is 3.49. The predicted octanol–water partition coefficient (Wildman–Crippen LogP) is 4.78. The third-order valence-corrected chi connectivity index (χ3v) is 5.45. The normalized spacial score (nSPS) is 35.9. The smallest absolute Gasteiger partial charge is 0.244 e. The Hall–Kier alpha value is -2.73. The first kappa shape index (κ1) is 27.5. The van der Waals surface area contributed by atoms with Gasteiger partial charge >= 0.3 is 0 Å². The van der Waals surface area contributed by atoms with Crippen LogP contribution in [0.1, 0.15) is 46.5 Å². The molecule has 0 spiro atoms. The van der Waals surface area contributed by atoms with E-state index >= 15 is 0 Å². The van der Waals surface area contributed by atoms with Gasteiger partial charge in [0.15, 0.2) is 0 Å². The molecule has 1 fully saturated rings. The molecule has 0 aromatic carbocycles.